The van der Waals surface area contributed by atoms with Crippen molar-refractivity contribution in [1.29, 1.82) is 0 Å². The van der Waals surface area contributed by atoms with Gasteiger partial charge < -0.3 is 19.9 Å². The van der Waals surface area contributed by atoms with Crippen LogP contribution >= 0.6 is 24.0 Å². The molecule has 31 heavy (non-hydrogen) atoms. The van der Waals surface area contributed by atoms with Crippen LogP contribution in [0.15, 0.2) is 29.3 Å². The predicted octanol–water partition coefficient (Wildman–Crippen LogP) is 2.44. The summed E-state index contributed by atoms with van der Waals surface area (Å²) in [4.78, 5) is 23.5. The molecule has 0 spiro atoms. The Morgan fingerprint density at radius 2 is 1.97 bits per heavy atom. The first-order chi connectivity index (χ1) is 14.5. The number of ether oxygens (including phenoxy) is 1. The zero-order chi connectivity index (χ0) is 21.5. The number of hydrogen-bond donors (Lipinski definition) is 1. The summed E-state index contributed by atoms with van der Waals surface area (Å²) in [5.41, 5.74) is 2.66. The second-order valence-corrected chi connectivity index (χ2v) is 8.51. The van der Waals surface area contributed by atoms with E-state index < -0.39 is 0 Å². The van der Waals surface area contributed by atoms with E-state index in [0.717, 1.165) is 58.2 Å². The number of nitrogens with one attached hydrogen (secondary N) is 1. The Kier molecular flexibility index (Phi) is 10.3. The van der Waals surface area contributed by atoms with E-state index in [-0.39, 0.29) is 41.8 Å². The van der Waals surface area contributed by atoms with Crippen molar-refractivity contribution in [2.45, 2.75) is 20.3 Å². The summed E-state index contributed by atoms with van der Waals surface area (Å²) in [5, 5.41) is 3.48. The van der Waals surface area contributed by atoms with Crippen LogP contribution in [-0.2, 0) is 9.53 Å². The number of benzene rings is 1. The molecule has 3 rings (SSSR count). The number of aryl methyl sites for hydroxylation is 1. The van der Waals surface area contributed by atoms with Crippen molar-refractivity contribution in [1.82, 2.24) is 15.1 Å². The minimum atomic E-state index is -0.120. The maximum atomic E-state index is 11.9. The van der Waals surface area contributed by atoms with Gasteiger partial charge in [0.15, 0.2) is 5.96 Å². The van der Waals surface area contributed by atoms with Gasteiger partial charge in [-0.05, 0) is 43.5 Å². The lowest BCUT2D eigenvalue weighted by Crippen LogP contribution is -2.47. The molecule has 2 aliphatic rings. The summed E-state index contributed by atoms with van der Waals surface area (Å²) in [7, 11) is 3.27. The van der Waals surface area contributed by atoms with Crippen LogP contribution in [0.25, 0.3) is 0 Å². The third-order valence-corrected chi connectivity index (χ3v) is 6.30. The molecule has 1 aromatic rings. The van der Waals surface area contributed by atoms with Crippen molar-refractivity contribution < 1.29 is 9.53 Å². The average molecular weight is 543 g/mol. The number of guanidine groups is 1. The molecule has 2 fully saturated rings. The van der Waals surface area contributed by atoms with Gasteiger partial charge in [0.1, 0.15) is 0 Å². The Morgan fingerprint density at radius 3 is 2.61 bits per heavy atom. The molecule has 1 aromatic carbocycles. The standard InChI is InChI=1S/C23H37N5O2.HI/c1-18-7-5-8-20(15-18)27-13-11-26(12-14-27)10-6-9-25-23(24-3)28-16-19(2)21(17-28)22(29)30-4;/h5,7-8,15,19,21H,6,9-14,16-17H2,1-4H3,(H,24,25);1H. The Morgan fingerprint density at radius 1 is 1.23 bits per heavy atom. The van der Waals surface area contributed by atoms with Crippen molar-refractivity contribution in [2.75, 3.05) is 71.4 Å². The molecule has 2 aliphatic heterocycles. The number of piperazine rings is 1. The third-order valence-electron chi connectivity index (χ3n) is 6.30. The Balaban J connectivity index is 0.00000341. The second-order valence-electron chi connectivity index (χ2n) is 8.51. The quantitative estimate of drug-likeness (QED) is 0.196. The Hall–Kier alpha value is -1.55. The molecule has 174 valence electrons. The summed E-state index contributed by atoms with van der Waals surface area (Å²) in [6.07, 6.45) is 1.08. The molecule has 0 aromatic heterocycles. The van der Waals surface area contributed by atoms with Crippen LogP contribution in [-0.4, -0.2) is 88.2 Å². The molecule has 2 heterocycles. The van der Waals surface area contributed by atoms with Gasteiger partial charge in [-0.2, -0.15) is 0 Å². The van der Waals surface area contributed by atoms with E-state index in [4.69, 9.17) is 4.74 Å². The van der Waals surface area contributed by atoms with Gasteiger partial charge in [-0.3, -0.25) is 14.7 Å². The van der Waals surface area contributed by atoms with Crippen molar-refractivity contribution in [3.63, 3.8) is 0 Å². The molecule has 8 heteroatoms. The molecule has 7 nitrogen and oxygen atoms in total. The van der Waals surface area contributed by atoms with E-state index >= 15 is 0 Å². The number of likely N-dealkylation sites (tertiary alicyclic amines) is 1. The van der Waals surface area contributed by atoms with E-state index in [1.54, 1.807) is 0 Å². The second kappa shape index (κ2) is 12.5. The van der Waals surface area contributed by atoms with E-state index in [9.17, 15) is 4.79 Å². The number of halogens is 1. The third kappa shape index (κ3) is 6.97. The highest BCUT2D eigenvalue weighted by molar-refractivity contribution is 14.0. The highest BCUT2D eigenvalue weighted by Gasteiger charge is 2.36. The van der Waals surface area contributed by atoms with Crippen LogP contribution in [0.4, 0.5) is 5.69 Å². The van der Waals surface area contributed by atoms with E-state index in [1.807, 2.05) is 7.05 Å². The molecule has 0 radical (unpaired) electrons. The normalized spacial score (nSPS) is 22.3. The van der Waals surface area contributed by atoms with Gasteiger partial charge in [-0.1, -0.05) is 19.1 Å². The van der Waals surface area contributed by atoms with E-state index in [0.29, 0.717) is 6.54 Å². The SMILES string of the molecule is CN=C(NCCCN1CCN(c2cccc(C)c2)CC1)N1CC(C)C(C(=O)OC)C1.I. The van der Waals surface area contributed by atoms with Gasteiger partial charge in [-0.15, -0.1) is 24.0 Å². The zero-order valence-electron chi connectivity index (χ0n) is 19.3. The average Bonchev–Trinajstić information content (AvgIpc) is 3.15. The number of aliphatic imine (C=N–C) groups is 1. The molecule has 1 N–H and O–H groups in total. The maximum absolute atomic E-state index is 11.9. The number of nitrogens with zero attached hydrogens (tertiary/aromatic N) is 4. The molecule has 0 bridgehead atoms. The van der Waals surface area contributed by atoms with Crippen LogP contribution in [0.3, 0.4) is 0 Å². The van der Waals surface area contributed by atoms with Gasteiger partial charge in [-0.25, -0.2) is 0 Å². The van der Waals surface area contributed by atoms with Gasteiger partial charge in [0.05, 0.1) is 13.0 Å². The highest BCUT2D eigenvalue weighted by atomic mass is 127. The highest BCUT2D eigenvalue weighted by Crippen LogP contribution is 2.24. The topological polar surface area (TPSA) is 60.4 Å². The fourth-order valence-electron chi connectivity index (χ4n) is 4.49. The van der Waals surface area contributed by atoms with Gasteiger partial charge in [0.25, 0.3) is 0 Å². The first-order valence-corrected chi connectivity index (χ1v) is 11.1. The molecule has 2 atom stereocenters. The van der Waals surface area contributed by atoms with Crippen LogP contribution in [0.5, 0.6) is 0 Å². The number of anilines is 1. The lowest BCUT2D eigenvalue weighted by Gasteiger charge is -2.36. The summed E-state index contributed by atoms with van der Waals surface area (Å²) in [5.74, 6) is 0.974. The van der Waals surface area contributed by atoms with Crippen molar-refractivity contribution >= 4 is 41.6 Å². The smallest absolute Gasteiger partial charge is 0.310 e. The van der Waals surface area contributed by atoms with E-state index in [1.165, 1.54) is 18.4 Å². The number of carbonyl (C=O) groups excluding carboxylic acids is 1. The fourth-order valence-corrected chi connectivity index (χ4v) is 4.49. The summed E-state index contributed by atoms with van der Waals surface area (Å²) < 4.78 is 4.94. The molecular weight excluding hydrogens is 505 g/mol. The van der Waals surface area contributed by atoms with Crippen molar-refractivity contribution in [3.05, 3.63) is 29.8 Å². The lowest BCUT2D eigenvalue weighted by molar-refractivity contribution is -0.145. The minimum Gasteiger partial charge on any atom is -0.469 e. The number of rotatable bonds is 6. The van der Waals surface area contributed by atoms with Crippen LogP contribution in [0.1, 0.15) is 18.9 Å². The lowest BCUT2D eigenvalue weighted by atomic mass is 9.99. The maximum Gasteiger partial charge on any atom is 0.310 e. The summed E-state index contributed by atoms with van der Waals surface area (Å²) >= 11 is 0. The van der Waals surface area contributed by atoms with Gasteiger partial charge in [0.2, 0.25) is 0 Å². The van der Waals surface area contributed by atoms with Crippen LogP contribution in [0, 0.1) is 18.8 Å². The molecule has 0 saturated carbocycles. The number of hydrogen-bond acceptors (Lipinski definition) is 5. The van der Waals surface area contributed by atoms with Crippen LogP contribution in [0.2, 0.25) is 0 Å². The summed E-state index contributed by atoms with van der Waals surface area (Å²) in [6, 6.07) is 8.78. The monoisotopic (exact) mass is 543 g/mol. The fraction of sp³-hybridized carbons (Fsp3) is 0.652. The van der Waals surface area contributed by atoms with Gasteiger partial charge >= 0.3 is 5.97 Å². The Bertz CT molecular complexity index is 736. The Labute approximate surface area is 204 Å². The molecule has 2 unspecified atom stereocenters. The summed E-state index contributed by atoms with van der Waals surface area (Å²) in [6.45, 7) is 12.1. The largest absolute Gasteiger partial charge is 0.469 e. The minimum absolute atomic E-state index is 0. The zero-order valence-corrected chi connectivity index (χ0v) is 21.7. The molecule has 0 aliphatic carbocycles. The molecule has 2 saturated heterocycles. The van der Waals surface area contributed by atoms with E-state index in [2.05, 4.69) is 63.1 Å². The van der Waals surface area contributed by atoms with Crippen molar-refractivity contribution in [3.8, 4) is 0 Å². The first-order valence-electron chi connectivity index (χ1n) is 11.1. The molecular formula is C23H38IN5O2. The first kappa shape index (κ1) is 25.7. The number of methoxy groups -OCH3 is 1. The van der Waals surface area contributed by atoms with Crippen LogP contribution < -0.4 is 10.2 Å². The van der Waals surface area contributed by atoms with Crippen molar-refractivity contribution in [2.24, 2.45) is 16.8 Å². The predicted molar refractivity (Wildman–Crippen MR) is 137 cm³/mol. The number of esters is 1. The van der Waals surface area contributed by atoms with Gasteiger partial charge in [0, 0.05) is 58.5 Å². The number of carbonyl (C=O) groups is 1. The molecule has 0 amide bonds.